The maximum atomic E-state index is 12.8. The minimum absolute atomic E-state index is 0.113. The molecule has 2 fully saturated rings. The predicted molar refractivity (Wildman–Crippen MR) is 99.0 cm³/mol. The summed E-state index contributed by atoms with van der Waals surface area (Å²) in [5, 5.41) is 0. The number of benzene rings is 1. The SMILES string of the molecule is Cc1ccc(CN2CCC3(CC2)CN(C(=O)c2ccccc2)CCO3)o1. The number of hydrogen-bond acceptors (Lipinski definition) is 4. The van der Waals surface area contributed by atoms with Gasteiger partial charge in [0.25, 0.3) is 5.91 Å². The van der Waals surface area contributed by atoms with E-state index >= 15 is 0 Å². The summed E-state index contributed by atoms with van der Waals surface area (Å²) in [7, 11) is 0. The number of amides is 1. The van der Waals surface area contributed by atoms with Crippen molar-refractivity contribution in [2.75, 3.05) is 32.8 Å². The monoisotopic (exact) mass is 354 g/mol. The Hall–Kier alpha value is -2.11. The van der Waals surface area contributed by atoms with Crippen molar-refractivity contribution in [3.8, 4) is 0 Å². The second-order valence-electron chi connectivity index (χ2n) is 7.41. The highest BCUT2D eigenvalue weighted by Crippen LogP contribution is 2.31. The number of morpholine rings is 1. The molecule has 0 unspecified atom stereocenters. The van der Waals surface area contributed by atoms with Gasteiger partial charge in [-0.2, -0.15) is 0 Å². The smallest absolute Gasteiger partial charge is 0.254 e. The van der Waals surface area contributed by atoms with Crippen molar-refractivity contribution in [1.29, 1.82) is 0 Å². The van der Waals surface area contributed by atoms with Crippen molar-refractivity contribution in [2.24, 2.45) is 0 Å². The molecule has 1 aromatic heterocycles. The molecule has 2 aliphatic rings. The van der Waals surface area contributed by atoms with Crippen LogP contribution in [0, 0.1) is 6.92 Å². The zero-order valence-corrected chi connectivity index (χ0v) is 15.3. The number of ether oxygens (including phenoxy) is 1. The standard InChI is InChI=1S/C21H26N2O3/c1-17-7-8-19(26-17)15-22-11-9-21(10-12-22)16-23(13-14-25-21)20(24)18-5-3-2-4-6-18/h2-8H,9-16H2,1H3. The lowest BCUT2D eigenvalue weighted by Crippen LogP contribution is -2.57. The number of hydrogen-bond donors (Lipinski definition) is 0. The number of nitrogens with zero attached hydrogens (tertiary/aromatic N) is 2. The van der Waals surface area contributed by atoms with Crippen LogP contribution >= 0.6 is 0 Å². The van der Waals surface area contributed by atoms with E-state index in [2.05, 4.69) is 11.0 Å². The average molecular weight is 354 g/mol. The van der Waals surface area contributed by atoms with E-state index in [9.17, 15) is 4.79 Å². The van der Waals surface area contributed by atoms with Crippen LogP contribution in [0.1, 0.15) is 34.7 Å². The minimum atomic E-state index is -0.196. The molecule has 0 N–H and O–H groups in total. The van der Waals surface area contributed by atoms with Crippen molar-refractivity contribution in [3.05, 3.63) is 59.5 Å². The molecule has 0 saturated carbocycles. The molecule has 5 nitrogen and oxygen atoms in total. The van der Waals surface area contributed by atoms with Gasteiger partial charge < -0.3 is 14.1 Å². The number of piperidine rings is 1. The van der Waals surface area contributed by atoms with Gasteiger partial charge >= 0.3 is 0 Å². The van der Waals surface area contributed by atoms with Crippen LogP contribution in [0.3, 0.4) is 0 Å². The van der Waals surface area contributed by atoms with E-state index in [0.29, 0.717) is 19.7 Å². The average Bonchev–Trinajstić information content (AvgIpc) is 3.09. The highest BCUT2D eigenvalue weighted by atomic mass is 16.5. The van der Waals surface area contributed by atoms with Crippen molar-refractivity contribution in [1.82, 2.24) is 9.80 Å². The molecule has 2 aromatic rings. The molecule has 3 heterocycles. The number of rotatable bonds is 3. The van der Waals surface area contributed by atoms with Crippen LogP contribution in [0.2, 0.25) is 0 Å². The van der Waals surface area contributed by atoms with Crippen molar-refractivity contribution in [2.45, 2.75) is 31.9 Å². The molecular formula is C21H26N2O3. The van der Waals surface area contributed by atoms with E-state index in [1.807, 2.05) is 48.2 Å². The molecular weight excluding hydrogens is 328 g/mol. The molecule has 138 valence electrons. The molecule has 4 rings (SSSR count). The summed E-state index contributed by atoms with van der Waals surface area (Å²) in [5.74, 6) is 2.09. The Kier molecular flexibility index (Phi) is 4.83. The summed E-state index contributed by atoms with van der Waals surface area (Å²) in [5.41, 5.74) is 0.563. The molecule has 1 amide bonds. The van der Waals surface area contributed by atoms with Crippen LogP contribution in [-0.4, -0.2) is 54.1 Å². The van der Waals surface area contributed by atoms with E-state index < -0.39 is 0 Å². The first-order valence-corrected chi connectivity index (χ1v) is 9.40. The molecule has 0 atom stereocenters. The first-order chi connectivity index (χ1) is 12.6. The van der Waals surface area contributed by atoms with E-state index in [-0.39, 0.29) is 11.5 Å². The molecule has 1 spiro atoms. The van der Waals surface area contributed by atoms with Crippen molar-refractivity contribution >= 4 is 5.91 Å². The second kappa shape index (κ2) is 7.25. The van der Waals surface area contributed by atoms with E-state index in [4.69, 9.17) is 9.15 Å². The Balaban J connectivity index is 1.36. The van der Waals surface area contributed by atoms with Gasteiger partial charge in [-0.15, -0.1) is 0 Å². The topological polar surface area (TPSA) is 45.9 Å². The number of furan rings is 1. The molecule has 0 radical (unpaired) electrons. The van der Waals surface area contributed by atoms with Gasteiger partial charge in [0.1, 0.15) is 11.5 Å². The zero-order chi connectivity index (χ0) is 18.0. The van der Waals surface area contributed by atoms with Gasteiger partial charge in [-0.25, -0.2) is 0 Å². The first kappa shape index (κ1) is 17.3. The summed E-state index contributed by atoms with van der Waals surface area (Å²) < 4.78 is 11.9. The van der Waals surface area contributed by atoms with Gasteiger partial charge in [0.2, 0.25) is 0 Å². The summed E-state index contributed by atoms with van der Waals surface area (Å²) in [6.07, 6.45) is 1.90. The molecule has 26 heavy (non-hydrogen) atoms. The first-order valence-electron chi connectivity index (χ1n) is 9.40. The van der Waals surface area contributed by atoms with Gasteiger partial charge in [0, 0.05) is 25.2 Å². The Bertz CT molecular complexity index is 748. The quantitative estimate of drug-likeness (QED) is 0.850. The van der Waals surface area contributed by atoms with Gasteiger partial charge in [0.15, 0.2) is 0 Å². The van der Waals surface area contributed by atoms with Crippen LogP contribution in [0.5, 0.6) is 0 Å². The van der Waals surface area contributed by atoms with Crippen LogP contribution in [0.4, 0.5) is 0 Å². The third kappa shape index (κ3) is 3.69. The van der Waals surface area contributed by atoms with Gasteiger partial charge in [0.05, 0.1) is 25.3 Å². The highest BCUT2D eigenvalue weighted by molar-refractivity contribution is 5.94. The lowest BCUT2D eigenvalue weighted by Gasteiger charge is -2.47. The predicted octanol–water partition coefficient (Wildman–Crippen LogP) is 3.10. The number of aryl methyl sites for hydroxylation is 1. The van der Waals surface area contributed by atoms with E-state index in [0.717, 1.165) is 49.6 Å². The lowest BCUT2D eigenvalue weighted by atomic mass is 9.89. The lowest BCUT2D eigenvalue weighted by molar-refractivity contribution is -0.128. The van der Waals surface area contributed by atoms with Crippen LogP contribution in [0.15, 0.2) is 46.9 Å². The summed E-state index contributed by atoms with van der Waals surface area (Å²) >= 11 is 0. The number of likely N-dealkylation sites (tertiary alicyclic amines) is 1. The normalized spacial score (nSPS) is 20.4. The fourth-order valence-corrected chi connectivity index (χ4v) is 3.99. The number of carbonyl (C=O) groups excluding carboxylic acids is 1. The second-order valence-corrected chi connectivity index (χ2v) is 7.41. The Morgan fingerprint density at radius 2 is 1.85 bits per heavy atom. The fraction of sp³-hybridized carbons (Fsp3) is 0.476. The Labute approximate surface area is 154 Å². The van der Waals surface area contributed by atoms with E-state index in [1.165, 1.54) is 0 Å². The molecule has 0 aliphatic carbocycles. The Morgan fingerprint density at radius 3 is 2.54 bits per heavy atom. The largest absolute Gasteiger partial charge is 0.465 e. The maximum Gasteiger partial charge on any atom is 0.254 e. The third-order valence-corrected chi connectivity index (χ3v) is 5.50. The van der Waals surface area contributed by atoms with Gasteiger partial charge in [-0.1, -0.05) is 18.2 Å². The summed E-state index contributed by atoms with van der Waals surface area (Å²) in [6.45, 7) is 6.73. The highest BCUT2D eigenvalue weighted by Gasteiger charge is 2.41. The van der Waals surface area contributed by atoms with Gasteiger partial charge in [-0.05, 0) is 44.0 Å². The van der Waals surface area contributed by atoms with Crippen molar-refractivity contribution < 1.29 is 13.9 Å². The molecule has 5 heteroatoms. The third-order valence-electron chi connectivity index (χ3n) is 5.50. The van der Waals surface area contributed by atoms with Crippen LogP contribution < -0.4 is 0 Å². The zero-order valence-electron chi connectivity index (χ0n) is 15.3. The van der Waals surface area contributed by atoms with E-state index in [1.54, 1.807) is 0 Å². The van der Waals surface area contributed by atoms with Gasteiger partial charge in [-0.3, -0.25) is 9.69 Å². The van der Waals surface area contributed by atoms with Crippen molar-refractivity contribution in [3.63, 3.8) is 0 Å². The molecule has 1 aromatic carbocycles. The Morgan fingerprint density at radius 1 is 1.08 bits per heavy atom. The van der Waals surface area contributed by atoms with Crippen LogP contribution in [-0.2, 0) is 11.3 Å². The molecule has 2 saturated heterocycles. The fourth-order valence-electron chi connectivity index (χ4n) is 3.99. The van der Waals surface area contributed by atoms with Crippen LogP contribution in [0.25, 0.3) is 0 Å². The maximum absolute atomic E-state index is 12.8. The number of carbonyl (C=O) groups is 1. The minimum Gasteiger partial charge on any atom is -0.465 e. The molecule has 0 bridgehead atoms. The molecule has 2 aliphatic heterocycles. The summed E-state index contributed by atoms with van der Waals surface area (Å²) in [4.78, 5) is 17.2. The summed E-state index contributed by atoms with van der Waals surface area (Å²) in [6, 6.07) is 13.6.